The smallest absolute Gasteiger partial charge is 0.341 e. The number of benzene rings is 1. The molecule has 5 nitrogen and oxygen atoms in total. The second-order valence-corrected chi connectivity index (χ2v) is 5.29. The Morgan fingerprint density at radius 3 is 2.33 bits per heavy atom. The van der Waals surface area contributed by atoms with Crippen LogP contribution in [0.15, 0.2) is 12.1 Å². The van der Waals surface area contributed by atoms with E-state index in [1.54, 1.807) is 0 Å². The highest BCUT2D eigenvalue weighted by Crippen LogP contribution is 2.19. The van der Waals surface area contributed by atoms with Crippen molar-refractivity contribution in [2.24, 2.45) is 0 Å². The first-order chi connectivity index (χ1) is 9.41. The van der Waals surface area contributed by atoms with Crippen LogP contribution in [-0.2, 0) is 14.9 Å². The number of alkyl halides is 2. The van der Waals surface area contributed by atoms with E-state index in [9.17, 15) is 39.7 Å². The van der Waals surface area contributed by atoms with Crippen LogP contribution < -0.4 is 0 Å². The largest absolute Gasteiger partial charge is 0.748 e. The molecule has 0 aliphatic heterocycles. The van der Waals surface area contributed by atoms with Gasteiger partial charge >= 0.3 is 5.97 Å². The lowest BCUT2D eigenvalue weighted by Crippen LogP contribution is -2.34. The van der Waals surface area contributed by atoms with Crippen LogP contribution in [0.1, 0.15) is 10.4 Å². The summed E-state index contributed by atoms with van der Waals surface area (Å²) >= 11 is 0. The first-order valence-electron chi connectivity index (χ1n) is 5.04. The molecule has 21 heavy (non-hydrogen) atoms. The van der Waals surface area contributed by atoms with Crippen molar-refractivity contribution < 1.29 is 44.5 Å². The van der Waals surface area contributed by atoms with Gasteiger partial charge in [0, 0.05) is 6.07 Å². The summed E-state index contributed by atoms with van der Waals surface area (Å²) in [5, 5.41) is 0. The van der Waals surface area contributed by atoms with Gasteiger partial charge in [-0.1, -0.05) is 0 Å². The number of ether oxygens (including phenoxy) is 1. The highest BCUT2D eigenvalue weighted by atomic mass is 32.2. The minimum atomic E-state index is -5.30. The summed E-state index contributed by atoms with van der Waals surface area (Å²) in [5.41, 5.74) is -1.28. The Bertz CT molecular complexity index is 658. The molecule has 0 atom stereocenters. The lowest BCUT2D eigenvalue weighted by molar-refractivity contribution is -0.0452. The van der Waals surface area contributed by atoms with E-state index in [0.717, 1.165) is 0 Å². The molecule has 0 saturated carbocycles. The molecular weight excluding hydrogens is 327 g/mol. The van der Waals surface area contributed by atoms with Crippen LogP contribution in [0.3, 0.4) is 0 Å². The third kappa shape index (κ3) is 5.27. The SMILES string of the molecule is O=C(OCC(F)(F)CS(=O)(=O)[O-])c1cc(F)cc(F)c1F. The van der Waals surface area contributed by atoms with E-state index in [4.69, 9.17) is 0 Å². The summed E-state index contributed by atoms with van der Waals surface area (Å²) in [7, 11) is -5.30. The first kappa shape index (κ1) is 17.3. The van der Waals surface area contributed by atoms with Gasteiger partial charge in [-0.25, -0.2) is 35.2 Å². The Kier molecular flexibility index (Phi) is 4.89. The monoisotopic (exact) mass is 333 g/mol. The van der Waals surface area contributed by atoms with Gasteiger partial charge in [0.25, 0.3) is 5.92 Å². The molecule has 0 aromatic heterocycles. The second-order valence-electron chi connectivity index (χ2n) is 3.88. The number of rotatable bonds is 5. The predicted molar refractivity (Wildman–Crippen MR) is 56.1 cm³/mol. The van der Waals surface area contributed by atoms with Gasteiger partial charge < -0.3 is 9.29 Å². The van der Waals surface area contributed by atoms with Gasteiger partial charge in [0.1, 0.15) is 27.3 Å². The van der Waals surface area contributed by atoms with Crippen LogP contribution in [0, 0.1) is 17.5 Å². The van der Waals surface area contributed by atoms with Crippen molar-refractivity contribution in [1.82, 2.24) is 0 Å². The van der Waals surface area contributed by atoms with Gasteiger partial charge in [-0.15, -0.1) is 0 Å². The number of carbonyl (C=O) groups excluding carboxylic acids is 1. The molecule has 0 fully saturated rings. The second kappa shape index (κ2) is 5.93. The topological polar surface area (TPSA) is 83.5 Å². The molecule has 0 heterocycles. The van der Waals surface area contributed by atoms with Gasteiger partial charge in [-0.3, -0.25) is 0 Å². The lowest BCUT2D eigenvalue weighted by Gasteiger charge is -2.18. The molecule has 0 unspecified atom stereocenters. The Labute approximate surface area is 115 Å². The van der Waals surface area contributed by atoms with Gasteiger partial charge in [0.2, 0.25) is 0 Å². The number of esters is 1. The third-order valence-corrected chi connectivity index (χ3v) is 2.79. The average molecular weight is 333 g/mol. The molecule has 118 valence electrons. The number of carbonyl (C=O) groups is 1. The summed E-state index contributed by atoms with van der Waals surface area (Å²) < 4.78 is 99.0. The minimum absolute atomic E-state index is 0.116. The molecule has 1 aromatic carbocycles. The predicted octanol–water partition coefficient (Wildman–Crippen LogP) is 1.44. The van der Waals surface area contributed by atoms with E-state index in [2.05, 4.69) is 4.74 Å². The van der Waals surface area contributed by atoms with Gasteiger partial charge in [0.05, 0.1) is 0 Å². The van der Waals surface area contributed by atoms with Gasteiger partial charge in [-0.05, 0) is 6.07 Å². The first-order valence-corrected chi connectivity index (χ1v) is 6.62. The Morgan fingerprint density at radius 1 is 1.24 bits per heavy atom. The van der Waals surface area contributed by atoms with E-state index in [1.165, 1.54) is 0 Å². The summed E-state index contributed by atoms with van der Waals surface area (Å²) in [6.07, 6.45) is 0. The zero-order valence-electron chi connectivity index (χ0n) is 9.91. The molecule has 0 aliphatic rings. The van der Waals surface area contributed by atoms with Crippen LogP contribution in [0.4, 0.5) is 22.0 Å². The van der Waals surface area contributed by atoms with Crippen molar-refractivity contribution in [3.63, 3.8) is 0 Å². The molecule has 0 bridgehead atoms. The van der Waals surface area contributed by atoms with Crippen molar-refractivity contribution in [1.29, 1.82) is 0 Å². The third-order valence-electron chi connectivity index (χ3n) is 2.02. The molecule has 0 saturated heterocycles. The van der Waals surface area contributed by atoms with E-state index in [0.29, 0.717) is 0 Å². The molecule has 11 heteroatoms. The van der Waals surface area contributed by atoms with Gasteiger partial charge in [-0.2, -0.15) is 0 Å². The zero-order valence-corrected chi connectivity index (χ0v) is 10.7. The number of hydrogen-bond donors (Lipinski definition) is 0. The van der Waals surface area contributed by atoms with Crippen molar-refractivity contribution in [2.45, 2.75) is 5.92 Å². The number of hydrogen-bond acceptors (Lipinski definition) is 5. The molecule has 0 radical (unpaired) electrons. The van der Waals surface area contributed by atoms with Crippen LogP contribution in [0.2, 0.25) is 0 Å². The Morgan fingerprint density at radius 2 is 1.81 bits per heavy atom. The van der Waals surface area contributed by atoms with E-state index >= 15 is 0 Å². The Balaban J connectivity index is 2.84. The summed E-state index contributed by atoms with van der Waals surface area (Å²) in [6, 6.07) is 0.327. The van der Waals surface area contributed by atoms with Crippen LogP contribution in [0.5, 0.6) is 0 Å². The van der Waals surface area contributed by atoms with E-state index in [1.807, 2.05) is 0 Å². The van der Waals surface area contributed by atoms with Crippen LogP contribution in [0.25, 0.3) is 0 Å². The molecule has 0 aliphatic carbocycles. The standard InChI is InChI=1S/C10H7F5O5S/c11-5-1-6(8(13)7(12)2-5)9(16)20-3-10(14,15)4-21(17,18)19/h1-2H,3-4H2,(H,17,18,19)/p-1. The maximum absolute atomic E-state index is 13.1. The maximum Gasteiger partial charge on any atom is 0.341 e. The molecule has 0 spiro atoms. The molecule has 0 N–H and O–H groups in total. The number of halogens is 5. The molecule has 1 aromatic rings. The van der Waals surface area contributed by atoms with Crippen molar-refractivity contribution >= 4 is 16.1 Å². The fraction of sp³-hybridized carbons (Fsp3) is 0.300. The van der Waals surface area contributed by atoms with E-state index in [-0.39, 0.29) is 12.1 Å². The molecular formula is C10H6F5O5S-. The average Bonchev–Trinajstić information content (AvgIpc) is 2.27. The molecule has 1 rings (SSSR count). The zero-order chi connectivity index (χ0) is 16.4. The van der Waals surface area contributed by atoms with Crippen molar-refractivity contribution in [3.05, 3.63) is 35.1 Å². The minimum Gasteiger partial charge on any atom is -0.748 e. The van der Waals surface area contributed by atoms with Crippen molar-refractivity contribution in [3.8, 4) is 0 Å². The normalized spacial score (nSPS) is 12.3. The summed E-state index contributed by atoms with van der Waals surface area (Å²) in [5.74, 6) is -13.1. The molecule has 0 amide bonds. The van der Waals surface area contributed by atoms with Crippen LogP contribution >= 0.6 is 0 Å². The Hall–Kier alpha value is -1.75. The highest BCUT2D eigenvalue weighted by molar-refractivity contribution is 7.85. The fourth-order valence-corrected chi connectivity index (χ4v) is 1.85. The quantitative estimate of drug-likeness (QED) is 0.352. The highest BCUT2D eigenvalue weighted by Gasteiger charge is 2.34. The summed E-state index contributed by atoms with van der Waals surface area (Å²) in [4.78, 5) is 11.2. The summed E-state index contributed by atoms with van der Waals surface area (Å²) in [6.45, 7) is -1.87. The van der Waals surface area contributed by atoms with E-state index < -0.39 is 57.4 Å². The van der Waals surface area contributed by atoms with Crippen LogP contribution in [-0.4, -0.2) is 37.2 Å². The van der Waals surface area contributed by atoms with Crippen molar-refractivity contribution in [2.75, 3.05) is 12.4 Å². The maximum atomic E-state index is 13.1. The lowest BCUT2D eigenvalue weighted by atomic mass is 10.2. The van der Waals surface area contributed by atoms with Gasteiger partial charge in [0.15, 0.2) is 18.2 Å². The fourth-order valence-electron chi connectivity index (χ4n) is 1.25.